The molecule has 3 aliphatic carbocycles. The summed E-state index contributed by atoms with van der Waals surface area (Å²) in [6.07, 6.45) is 3.40. The molecule has 0 aromatic rings. The van der Waals surface area contributed by atoms with Crippen molar-refractivity contribution in [3.8, 4) is 0 Å². The molecule has 3 N–H and O–H groups in total. The van der Waals surface area contributed by atoms with Crippen LogP contribution in [0.1, 0.15) is 40.0 Å². The maximum atomic E-state index is 10.8. The van der Waals surface area contributed by atoms with Crippen LogP contribution in [0.5, 0.6) is 0 Å². The maximum Gasteiger partial charge on any atom is 0.376 e. The number of carbonyl (C=O) groups is 1. The average molecular weight is 240 g/mol. The second-order valence-corrected chi connectivity index (χ2v) is 5.71. The van der Waals surface area contributed by atoms with Crippen molar-refractivity contribution >= 4 is 6.03 Å². The Kier molecular flexibility index (Phi) is 2.85. The number of hydrogen-bond donors (Lipinski definition) is 2. The summed E-state index contributed by atoms with van der Waals surface area (Å²) in [7, 11) is 0. The predicted octanol–water partition coefficient (Wildman–Crippen LogP) is 2.17. The molecule has 6 heteroatoms. The van der Waals surface area contributed by atoms with Gasteiger partial charge >= 0.3 is 6.03 Å². The second kappa shape index (κ2) is 3.94. The SMILES string of the molecule is CC1CCC2CC1(ON=NC(=O)NN)C2(C)C. The summed E-state index contributed by atoms with van der Waals surface area (Å²) >= 11 is 0. The van der Waals surface area contributed by atoms with E-state index in [1.165, 1.54) is 6.42 Å². The quantitative estimate of drug-likeness (QED) is 0.335. The molecule has 0 aromatic carbocycles. The van der Waals surface area contributed by atoms with E-state index in [1.54, 1.807) is 0 Å². The molecule has 3 atom stereocenters. The Labute approximate surface area is 101 Å². The lowest BCUT2D eigenvalue weighted by Crippen LogP contribution is -2.67. The van der Waals surface area contributed by atoms with Crippen LogP contribution >= 0.6 is 0 Å². The molecular formula is C11H20N4O2. The Balaban J connectivity index is 2.07. The van der Waals surface area contributed by atoms with Crippen LogP contribution in [0.2, 0.25) is 0 Å². The largest absolute Gasteiger partial charge is 0.376 e. The monoisotopic (exact) mass is 240 g/mol. The molecule has 3 rings (SSSR count). The molecule has 17 heavy (non-hydrogen) atoms. The number of rotatable bonds is 2. The number of amides is 2. The van der Waals surface area contributed by atoms with Gasteiger partial charge in [-0.2, -0.15) is 0 Å². The number of nitrogens with two attached hydrogens (primary N) is 1. The van der Waals surface area contributed by atoms with Crippen molar-refractivity contribution in [2.24, 2.45) is 33.5 Å². The zero-order chi connectivity index (χ0) is 12.7. The molecule has 0 saturated heterocycles. The van der Waals surface area contributed by atoms with Gasteiger partial charge in [-0.15, -0.1) is 0 Å². The zero-order valence-corrected chi connectivity index (χ0v) is 10.6. The fourth-order valence-electron chi connectivity index (χ4n) is 3.49. The summed E-state index contributed by atoms with van der Waals surface area (Å²) in [5, 5.41) is 6.89. The van der Waals surface area contributed by atoms with E-state index in [0.717, 1.165) is 12.8 Å². The van der Waals surface area contributed by atoms with Crippen molar-refractivity contribution in [3.05, 3.63) is 0 Å². The van der Waals surface area contributed by atoms with Crippen LogP contribution in [-0.2, 0) is 4.84 Å². The highest BCUT2D eigenvalue weighted by molar-refractivity contribution is 5.73. The van der Waals surface area contributed by atoms with E-state index >= 15 is 0 Å². The first-order valence-corrected chi connectivity index (χ1v) is 6.04. The summed E-state index contributed by atoms with van der Waals surface area (Å²) in [6.45, 7) is 6.58. The molecule has 3 aliphatic rings. The van der Waals surface area contributed by atoms with E-state index in [4.69, 9.17) is 10.7 Å². The van der Waals surface area contributed by atoms with Gasteiger partial charge in [0.25, 0.3) is 0 Å². The molecule has 0 aliphatic heterocycles. The van der Waals surface area contributed by atoms with E-state index in [0.29, 0.717) is 11.8 Å². The minimum Gasteiger partial charge on any atom is -0.372 e. The van der Waals surface area contributed by atoms with Crippen LogP contribution < -0.4 is 11.3 Å². The molecule has 2 amide bonds. The number of hydrogen-bond acceptors (Lipinski definition) is 4. The third-order valence-electron chi connectivity index (χ3n) is 4.86. The number of nitrogens with one attached hydrogen (secondary N) is 1. The first-order valence-electron chi connectivity index (χ1n) is 6.04. The maximum absolute atomic E-state index is 10.8. The van der Waals surface area contributed by atoms with E-state index < -0.39 is 6.03 Å². The molecule has 3 fully saturated rings. The van der Waals surface area contributed by atoms with Crippen molar-refractivity contribution in [2.75, 3.05) is 0 Å². The summed E-state index contributed by atoms with van der Waals surface area (Å²) in [6, 6.07) is -0.696. The second-order valence-electron chi connectivity index (χ2n) is 5.71. The highest BCUT2D eigenvalue weighted by Crippen LogP contribution is 2.65. The van der Waals surface area contributed by atoms with Gasteiger partial charge in [0.2, 0.25) is 0 Å². The molecule has 3 saturated carbocycles. The normalized spacial score (nSPS) is 38.6. The Morgan fingerprint density at radius 1 is 1.47 bits per heavy atom. The third-order valence-corrected chi connectivity index (χ3v) is 4.86. The van der Waals surface area contributed by atoms with Gasteiger partial charge in [0.15, 0.2) is 0 Å². The molecular weight excluding hydrogens is 220 g/mol. The minimum absolute atomic E-state index is 0.100. The molecule has 3 unspecified atom stereocenters. The van der Waals surface area contributed by atoms with Crippen molar-refractivity contribution < 1.29 is 9.63 Å². The molecule has 6 nitrogen and oxygen atoms in total. The lowest BCUT2D eigenvalue weighted by molar-refractivity contribution is -0.282. The van der Waals surface area contributed by atoms with E-state index in [2.05, 4.69) is 31.2 Å². The van der Waals surface area contributed by atoms with Gasteiger partial charge in [-0.1, -0.05) is 25.9 Å². The van der Waals surface area contributed by atoms with Gasteiger partial charge in [-0.25, -0.2) is 10.6 Å². The van der Waals surface area contributed by atoms with Crippen LogP contribution in [0, 0.1) is 17.3 Å². The summed E-state index contributed by atoms with van der Waals surface area (Å²) in [5.41, 5.74) is 1.71. The van der Waals surface area contributed by atoms with Crippen LogP contribution in [0.25, 0.3) is 0 Å². The highest BCUT2D eigenvalue weighted by Gasteiger charge is 2.67. The zero-order valence-electron chi connectivity index (χ0n) is 10.6. The fourth-order valence-corrected chi connectivity index (χ4v) is 3.49. The van der Waals surface area contributed by atoms with Crippen molar-refractivity contribution in [1.29, 1.82) is 0 Å². The smallest absolute Gasteiger partial charge is 0.372 e. The number of carbonyl (C=O) groups excluding carboxylic acids is 1. The Hall–Kier alpha value is -1.17. The third kappa shape index (κ3) is 1.62. The fraction of sp³-hybridized carbons (Fsp3) is 0.909. The Morgan fingerprint density at radius 3 is 2.71 bits per heavy atom. The van der Waals surface area contributed by atoms with Crippen molar-refractivity contribution in [1.82, 2.24) is 5.43 Å². The standard InChI is InChI=1S/C11H20N4O2/c1-7-4-5-8-6-11(7,10(8,2)3)17-15-14-9(16)13-12/h7-8H,4-6,12H2,1-3H3,(H,13,16). The summed E-state index contributed by atoms with van der Waals surface area (Å²) in [4.78, 5) is 16.4. The highest BCUT2D eigenvalue weighted by atomic mass is 16.7. The lowest BCUT2D eigenvalue weighted by Gasteiger charge is -2.65. The topological polar surface area (TPSA) is 89.1 Å². The van der Waals surface area contributed by atoms with Crippen LogP contribution in [0.4, 0.5) is 4.79 Å². The minimum atomic E-state index is -0.696. The first-order chi connectivity index (χ1) is 7.94. The molecule has 2 bridgehead atoms. The van der Waals surface area contributed by atoms with Gasteiger partial charge in [0.1, 0.15) is 5.60 Å². The van der Waals surface area contributed by atoms with Gasteiger partial charge < -0.3 is 4.84 Å². The van der Waals surface area contributed by atoms with E-state index in [9.17, 15) is 4.79 Å². The summed E-state index contributed by atoms with van der Waals surface area (Å²) in [5.74, 6) is 6.03. The van der Waals surface area contributed by atoms with E-state index in [-0.39, 0.29) is 11.0 Å². The Bertz CT molecular complexity index is 355. The van der Waals surface area contributed by atoms with Gasteiger partial charge in [0, 0.05) is 10.7 Å². The van der Waals surface area contributed by atoms with Gasteiger partial charge in [-0.05, 0) is 31.1 Å². The number of nitrogens with zero attached hydrogens (tertiary/aromatic N) is 2. The Morgan fingerprint density at radius 2 is 2.18 bits per heavy atom. The predicted molar refractivity (Wildman–Crippen MR) is 61.7 cm³/mol. The van der Waals surface area contributed by atoms with E-state index in [1.807, 2.05) is 5.43 Å². The van der Waals surface area contributed by atoms with Crippen LogP contribution in [-0.4, -0.2) is 11.6 Å². The van der Waals surface area contributed by atoms with Crippen LogP contribution in [0.15, 0.2) is 10.4 Å². The number of fused-ring (bicyclic) bond motifs is 2. The molecule has 0 aromatic heterocycles. The van der Waals surface area contributed by atoms with Crippen molar-refractivity contribution in [3.63, 3.8) is 0 Å². The molecule has 0 heterocycles. The average Bonchev–Trinajstić information content (AvgIpc) is 2.30. The van der Waals surface area contributed by atoms with Crippen molar-refractivity contribution in [2.45, 2.75) is 45.6 Å². The number of hydrazine groups is 1. The molecule has 0 radical (unpaired) electrons. The molecule has 96 valence electrons. The number of urea groups is 1. The van der Waals surface area contributed by atoms with Crippen LogP contribution in [0.3, 0.4) is 0 Å². The summed E-state index contributed by atoms with van der Waals surface area (Å²) < 4.78 is 0. The van der Waals surface area contributed by atoms with Gasteiger partial charge in [0.05, 0.1) is 0 Å². The first kappa shape index (κ1) is 12.3. The lowest BCUT2D eigenvalue weighted by atomic mass is 9.43. The van der Waals surface area contributed by atoms with Gasteiger partial charge in [-0.3, -0.25) is 5.43 Å². The molecule has 0 spiro atoms.